The Morgan fingerprint density at radius 3 is 2.50 bits per heavy atom. The molecule has 2 N–H and O–H groups in total. The summed E-state index contributed by atoms with van der Waals surface area (Å²) in [5, 5.41) is 4.49. The van der Waals surface area contributed by atoms with Gasteiger partial charge in [0.1, 0.15) is 5.82 Å². The number of hydrogen-bond donors (Lipinski definition) is 1. The normalized spacial score (nSPS) is 12.0. The molecule has 0 amide bonds. The molecule has 0 spiro atoms. The first kappa shape index (κ1) is 16.9. The molecule has 0 saturated heterocycles. The van der Waals surface area contributed by atoms with Gasteiger partial charge in [0.25, 0.3) is 0 Å². The van der Waals surface area contributed by atoms with Gasteiger partial charge >= 0.3 is 6.18 Å². The number of hydrogen-bond acceptors (Lipinski definition) is 4. The third-order valence-electron chi connectivity index (χ3n) is 3.77. The molecule has 0 bridgehead atoms. The van der Waals surface area contributed by atoms with E-state index in [4.69, 9.17) is 17.3 Å². The van der Waals surface area contributed by atoms with E-state index in [0.29, 0.717) is 16.1 Å². The lowest BCUT2D eigenvalue weighted by molar-refractivity contribution is -0.140. The number of aromatic nitrogens is 3. The smallest absolute Gasteiger partial charge is 0.383 e. The third-order valence-corrected chi connectivity index (χ3v) is 5.00. The molecule has 0 aliphatic heterocycles. The monoisotopic (exact) mass is 394 g/mol. The zero-order valence-electron chi connectivity index (χ0n) is 13.0. The summed E-state index contributed by atoms with van der Waals surface area (Å²) in [6, 6.07) is 13.2. The quantitative estimate of drug-likeness (QED) is 0.495. The number of nitrogens with zero attached hydrogens (tertiary/aromatic N) is 3. The number of thiazole rings is 1. The Labute approximate surface area is 154 Å². The predicted octanol–water partition coefficient (Wildman–Crippen LogP) is 5.40. The standard InChI is InChI=1S/C17H10ClF3N4S/c18-10-6-7-11-12(8-10)26-16(23-11)25-15(22)13(9-4-2-1-3-5-9)14(24-25)17(19,20)21/h1-8H,22H2. The summed E-state index contributed by atoms with van der Waals surface area (Å²) in [6.45, 7) is 0. The molecule has 132 valence electrons. The summed E-state index contributed by atoms with van der Waals surface area (Å²) >= 11 is 7.12. The number of nitrogens with two attached hydrogens (primary N) is 1. The van der Waals surface area contributed by atoms with Crippen LogP contribution >= 0.6 is 22.9 Å². The summed E-state index contributed by atoms with van der Waals surface area (Å²) in [5.41, 5.74) is 5.81. The van der Waals surface area contributed by atoms with Crippen LogP contribution in [0.3, 0.4) is 0 Å². The predicted molar refractivity (Wildman–Crippen MR) is 96.6 cm³/mol. The summed E-state index contributed by atoms with van der Waals surface area (Å²) in [7, 11) is 0. The lowest BCUT2D eigenvalue weighted by atomic mass is 10.1. The number of anilines is 1. The van der Waals surface area contributed by atoms with Gasteiger partial charge in [-0.05, 0) is 23.8 Å². The van der Waals surface area contributed by atoms with E-state index >= 15 is 0 Å². The fourth-order valence-corrected chi connectivity index (χ4v) is 3.85. The molecular formula is C17H10ClF3N4S. The summed E-state index contributed by atoms with van der Waals surface area (Å²) < 4.78 is 42.4. The second kappa shape index (κ2) is 6.00. The maximum atomic E-state index is 13.5. The van der Waals surface area contributed by atoms with E-state index < -0.39 is 11.9 Å². The van der Waals surface area contributed by atoms with Gasteiger partial charge in [-0.2, -0.15) is 23.0 Å². The Hall–Kier alpha value is -2.58. The minimum Gasteiger partial charge on any atom is -0.383 e. The Bertz CT molecular complexity index is 1100. The molecule has 2 aromatic heterocycles. The van der Waals surface area contributed by atoms with Crippen molar-refractivity contribution in [1.82, 2.24) is 14.8 Å². The number of halogens is 4. The number of alkyl halides is 3. The van der Waals surface area contributed by atoms with Gasteiger partial charge in [-0.15, -0.1) is 0 Å². The van der Waals surface area contributed by atoms with Crippen molar-refractivity contribution in [2.45, 2.75) is 6.18 Å². The number of nitrogen functional groups attached to an aromatic ring is 1. The average Bonchev–Trinajstić information content (AvgIpc) is 3.15. The van der Waals surface area contributed by atoms with Crippen LogP contribution in [0.15, 0.2) is 48.5 Å². The van der Waals surface area contributed by atoms with E-state index in [-0.39, 0.29) is 16.5 Å². The van der Waals surface area contributed by atoms with Gasteiger partial charge in [0.2, 0.25) is 5.13 Å². The van der Waals surface area contributed by atoms with Gasteiger partial charge < -0.3 is 5.73 Å². The van der Waals surface area contributed by atoms with E-state index in [2.05, 4.69) is 10.1 Å². The molecular weight excluding hydrogens is 385 g/mol. The van der Waals surface area contributed by atoms with Crippen LogP contribution in [0.2, 0.25) is 5.02 Å². The number of rotatable bonds is 2. The molecule has 9 heteroatoms. The van der Waals surface area contributed by atoms with Crippen molar-refractivity contribution in [3.05, 3.63) is 59.2 Å². The second-order valence-corrected chi connectivity index (χ2v) is 6.94. The molecule has 4 nitrogen and oxygen atoms in total. The third kappa shape index (κ3) is 2.81. The SMILES string of the molecule is Nc1c(-c2ccccc2)c(C(F)(F)F)nn1-c1nc2ccc(Cl)cc2s1. The van der Waals surface area contributed by atoms with Crippen LogP contribution in [-0.2, 0) is 6.18 Å². The molecule has 0 fully saturated rings. The first-order chi connectivity index (χ1) is 12.3. The Balaban J connectivity index is 1.96. The molecule has 4 aromatic rings. The Morgan fingerprint density at radius 2 is 1.81 bits per heavy atom. The summed E-state index contributed by atoms with van der Waals surface area (Å²) in [4.78, 5) is 4.33. The average molecular weight is 395 g/mol. The van der Waals surface area contributed by atoms with Gasteiger partial charge in [0, 0.05) is 5.02 Å². The maximum absolute atomic E-state index is 13.5. The topological polar surface area (TPSA) is 56.7 Å². The fraction of sp³-hybridized carbons (Fsp3) is 0.0588. The molecule has 0 aliphatic carbocycles. The van der Waals surface area contributed by atoms with Crippen LogP contribution in [0.25, 0.3) is 26.5 Å². The molecule has 0 unspecified atom stereocenters. The van der Waals surface area contributed by atoms with E-state index in [1.165, 1.54) is 0 Å². The molecule has 26 heavy (non-hydrogen) atoms. The lowest BCUT2D eigenvalue weighted by Crippen LogP contribution is -2.08. The van der Waals surface area contributed by atoms with E-state index in [1.54, 1.807) is 48.5 Å². The molecule has 2 aromatic carbocycles. The van der Waals surface area contributed by atoms with Crippen molar-refractivity contribution in [2.75, 3.05) is 5.73 Å². The van der Waals surface area contributed by atoms with E-state index in [9.17, 15) is 13.2 Å². The molecule has 0 atom stereocenters. The largest absolute Gasteiger partial charge is 0.435 e. The molecule has 0 saturated carbocycles. The van der Waals surface area contributed by atoms with Gasteiger partial charge in [0.05, 0.1) is 15.8 Å². The first-order valence-electron chi connectivity index (χ1n) is 7.42. The van der Waals surface area contributed by atoms with Crippen LogP contribution in [0, 0.1) is 0 Å². The number of benzene rings is 2. The van der Waals surface area contributed by atoms with Gasteiger partial charge in [-0.3, -0.25) is 0 Å². The molecule has 2 heterocycles. The van der Waals surface area contributed by atoms with Crippen LogP contribution < -0.4 is 5.73 Å². The van der Waals surface area contributed by atoms with Crippen molar-refractivity contribution in [1.29, 1.82) is 0 Å². The van der Waals surface area contributed by atoms with Crippen LogP contribution in [-0.4, -0.2) is 14.8 Å². The van der Waals surface area contributed by atoms with Gasteiger partial charge in [-0.25, -0.2) is 4.98 Å². The van der Waals surface area contributed by atoms with Crippen molar-refractivity contribution in [3.63, 3.8) is 0 Å². The first-order valence-corrected chi connectivity index (χ1v) is 8.61. The number of fused-ring (bicyclic) bond motifs is 1. The minimum absolute atomic E-state index is 0.117. The van der Waals surface area contributed by atoms with Gasteiger partial charge in [-0.1, -0.05) is 53.3 Å². The molecule has 0 radical (unpaired) electrons. The highest BCUT2D eigenvalue weighted by Gasteiger charge is 2.39. The van der Waals surface area contributed by atoms with Crippen LogP contribution in [0.1, 0.15) is 5.69 Å². The fourth-order valence-electron chi connectivity index (χ4n) is 2.64. The van der Waals surface area contributed by atoms with Crippen LogP contribution in [0.5, 0.6) is 0 Å². The molecule has 4 rings (SSSR count). The highest BCUT2D eigenvalue weighted by Crippen LogP contribution is 2.41. The lowest BCUT2D eigenvalue weighted by Gasteiger charge is -2.06. The van der Waals surface area contributed by atoms with E-state index in [1.807, 2.05) is 0 Å². The van der Waals surface area contributed by atoms with Crippen molar-refractivity contribution < 1.29 is 13.2 Å². The van der Waals surface area contributed by atoms with Crippen molar-refractivity contribution >= 4 is 39.0 Å². The maximum Gasteiger partial charge on any atom is 0.435 e. The highest BCUT2D eigenvalue weighted by molar-refractivity contribution is 7.20. The van der Waals surface area contributed by atoms with E-state index in [0.717, 1.165) is 20.7 Å². The van der Waals surface area contributed by atoms with Gasteiger partial charge in [0.15, 0.2) is 5.69 Å². The van der Waals surface area contributed by atoms with Crippen molar-refractivity contribution in [3.8, 4) is 16.3 Å². The zero-order valence-corrected chi connectivity index (χ0v) is 14.5. The van der Waals surface area contributed by atoms with Crippen LogP contribution in [0.4, 0.5) is 19.0 Å². The summed E-state index contributed by atoms with van der Waals surface area (Å²) in [5.74, 6) is -0.117. The Kier molecular flexibility index (Phi) is 3.89. The van der Waals surface area contributed by atoms with Crippen molar-refractivity contribution in [2.24, 2.45) is 0 Å². The zero-order chi connectivity index (χ0) is 18.5. The molecule has 0 aliphatic rings. The highest BCUT2D eigenvalue weighted by atomic mass is 35.5. The Morgan fingerprint density at radius 1 is 1.08 bits per heavy atom. The minimum atomic E-state index is -4.65. The summed E-state index contributed by atoms with van der Waals surface area (Å²) in [6.07, 6.45) is -4.65. The second-order valence-electron chi connectivity index (χ2n) is 5.49.